The Balaban J connectivity index is 1.35. The Morgan fingerprint density at radius 2 is 1.82 bits per heavy atom. The number of carbonyl (C=O) groups excluding carboxylic acids is 3. The number of halogens is 3. The molecule has 216 valence electrons. The first kappa shape index (κ1) is 29.7. The van der Waals surface area contributed by atoms with Gasteiger partial charge in [0.25, 0.3) is 5.91 Å². The maximum absolute atomic E-state index is 13.3. The zero-order valence-corrected chi connectivity index (χ0v) is 22.8. The van der Waals surface area contributed by atoms with Gasteiger partial charge in [-0.3, -0.25) is 9.59 Å². The maximum Gasteiger partial charge on any atom is 0.416 e. The summed E-state index contributed by atoms with van der Waals surface area (Å²) < 4.78 is 45.5. The van der Waals surface area contributed by atoms with Gasteiger partial charge in [0.2, 0.25) is 5.91 Å². The van der Waals surface area contributed by atoms with Crippen LogP contribution in [0.5, 0.6) is 0 Å². The van der Waals surface area contributed by atoms with Gasteiger partial charge in [-0.2, -0.15) is 13.2 Å². The minimum atomic E-state index is -4.69. The lowest BCUT2D eigenvalue weighted by atomic mass is 10.0. The van der Waals surface area contributed by atoms with Crippen molar-refractivity contribution < 1.29 is 32.3 Å². The smallest absolute Gasteiger partial charge is 0.379 e. The Morgan fingerprint density at radius 1 is 1.07 bits per heavy atom. The molecule has 2 aromatic carbocycles. The van der Waals surface area contributed by atoms with Gasteiger partial charge in [-0.25, -0.2) is 4.79 Å². The summed E-state index contributed by atoms with van der Waals surface area (Å²) >= 11 is 1.66. The molecule has 2 saturated heterocycles. The van der Waals surface area contributed by atoms with Crippen molar-refractivity contribution in [1.29, 1.82) is 0 Å². The highest BCUT2D eigenvalue weighted by atomic mass is 32.2. The van der Waals surface area contributed by atoms with E-state index in [2.05, 4.69) is 21.3 Å². The summed E-state index contributed by atoms with van der Waals surface area (Å²) in [6, 6.07) is 9.73. The lowest BCUT2D eigenvalue weighted by molar-refractivity contribution is -0.137. The molecule has 2 aliphatic rings. The first-order valence-electron chi connectivity index (χ1n) is 12.9. The van der Waals surface area contributed by atoms with Gasteiger partial charge in [0.1, 0.15) is 0 Å². The molecule has 2 atom stereocenters. The number of benzene rings is 2. The summed E-state index contributed by atoms with van der Waals surface area (Å²) in [6.07, 6.45) is -1.18. The lowest BCUT2D eigenvalue weighted by Gasteiger charge is -2.33. The fourth-order valence-corrected chi connectivity index (χ4v) is 4.77. The third-order valence-corrected chi connectivity index (χ3v) is 7.56. The molecule has 0 saturated carbocycles. The van der Waals surface area contributed by atoms with Crippen LogP contribution < -0.4 is 21.3 Å². The van der Waals surface area contributed by atoms with E-state index in [1.807, 2.05) is 30.5 Å². The quantitative estimate of drug-likeness (QED) is 0.339. The van der Waals surface area contributed by atoms with Crippen LogP contribution in [-0.2, 0) is 22.3 Å². The number of anilines is 1. The zero-order valence-electron chi connectivity index (χ0n) is 22.0. The van der Waals surface area contributed by atoms with Gasteiger partial charge in [-0.1, -0.05) is 12.1 Å². The number of nitrogens with one attached hydrogen (secondary N) is 4. The Hall–Kier alpha value is -3.29. The van der Waals surface area contributed by atoms with Crippen LogP contribution in [0.3, 0.4) is 0 Å². The number of hydrogen-bond acceptors (Lipinski definition) is 6. The zero-order chi connectivity index (χ0) is 28.7. The summed E-state index contributed by atoms with van der Waals surface area (Å²) in [6.45, 7) is 2.01. The number of carbonyl (C=O) groups is 3. The SMILES string of the molecule is CSc1ccc(CNC2CCOCC2NC(=O)CNC(=O)c2cc(C(F)(F)F)ccc2NC(=O)N2CCC2)cc1. The molecule has 0 aromatic heterocycles. The van der Waals surface area contributed by atoms with Gasteiger partial charge >= 0.3 is 12.2 Å². The average Bonchev–Trinajstić information content (AvgIpc) is 2.90. The molecule has 2 aromatic rings. The average molecular weight is 580 g/mol. The molecule has 0 spiro atoms. The lowest BCUT2D eigenvalue weighted by Crippen LogP contribution is -2.56. The van der Waals surface area contributed by atoms with Crippen molar-refractivity contribution in [2.45, 2.75) is 42.5 Å². The Kier molecular flexibility index (Phi) is 9.93. The second-order valence-electron chi connectivity index (χ2n) is 9.58. The van der Waals surface area contributed by atoms with Crippen molar-refractivity contribution >= 4 is 35.3 Å². The van der Waals surface area contributed by atoms with Crippen LogP contribution in [0.15, 0.2) is 47.4 Å². The van der Waals surface area contributed by atoms with E-state index in [9.17, 15) is 27.6 Å². The highest BCUT2D eigenvalue weighted by Crippen LogP contribution is 2.32. The first-order chi connectivity index (χ1) is 19.1. The van der Waals surface area contributed by atoms with Crippen molar-refractivity contribution in [1.82, 2.24) is 20.9 Å². The van der Waals surface area contributed by atoms with Crippen molar-refractivity contribution in [3.8, 4) is 0 Å². The second-order valence-corrected chi connectivity index (χ2v) is 10.5. The van der Waals surface area contributed by atoms with Gasteiger partial charge in [-0.15, -0.1) is 11.8 Å². The fourth-order valence-electron chi connectivity index (χ4n) is 4.36. The largest absolute Gasteiger partial charge is 0.416 e. The second kappa shape index (κ2) is 13.4. The molecular weight excluding hydrogens is 547 g/mol. The highest BCUT2D eigenvalue weighted by Gasteiger charge is 2.33. The van der Waals surface area contributed by atoms with Gasteiger partial charge in [0, 0.05) is 37.2 Å². The molecule has 0 bridgehead atoms. The minimum absolute atomic E-state index is 0.0691. The molecule has 9 nitrogen and oxygen atoms in total. The normalized spacial score (nSPS) is 18.9. The molecule has 2 aliphatic heterocycles. The molecule has 40 heavy (non-hydrogen) atoms. The molecule has 2 unspecified atom stereocenters. The summed E-state index contributed by atoms with van der Waals surface area (Å²) in [7, 11) is 0. The summed E-state index contributed by atoms with van der Waals surface area (Å²) in [5, 5.41) is 11.2. The van der Waals surface area contributed by atoms with Crippen LogP contribution >= 0.6 is 11.8 Å². The number of alkyl halides is 3. The predicted octanol–water partition coefficient (Wildman–Crippen LogP) is 3.46. The van der Waals surface area contributed by atoms with E-state index in [1.165, 1.54) is 4.90 Å². The molecule has 2 fully saturated rings. The number of hydrogen-bond donors (Lipinski definition) is 4. The molecule has 0 aliphatic carbocycles. The van der Waals surface area contributed by atoms with Gasteiger partial charge in [-0.05, 0) is 55.0 Å². The number of amides is 4. The highest BCUT2D eigenvalue weighted by molar-refractivity contribution is 7.98. The molecule has 2 heterocycles. The van der Waals surface area contributed by atoms with Crippen LogP contribution in [0.1, 0.15) is 34.3 Å². The van der Waals surface area contributed by atoms with Gasteiger partial charge in [0.15, 0.2) is 0 Å². The van der Waals surface area contributed by atoms with E-state index in [1.54, 1.807) is 11.8 Å². The van der Waals surface area contributed by atoms with E-state index >= 15 is 0 Å². The van der Waals surface area contributed by atoms with E-state index < -0.39 is 36.1 Å². The minimum Gasteiger partial charge on any atom is -0.379 e. The maximum atomic E-state index is 13.3. The van der Waals surface area contributed by atoms with Crippen LogP contribution in [0.25, 0.3) is 0 Å². The van der Waals surface area contributed by atoms with Crippen molar-refractivity contribution in [3.05, 3.63) is 59.2 Å². The van der Waals surface area contributed by atoms with Gasteiger partial charge in [0.05, 0.1) is 36.0 Å². The van der Waals surface area contributed by atoms with Crippen molar-refractivity contribution in [3.63, 3.8) is 0 Å². The van der Waals surface area contributed by atoms with Crippen molar-refractivity contribution in [2.75, 3.05) is 44.4 Å². The number of ether oxygens (including phenoxy) is 1. The van der Waals surface area contributed by atoms with E-state index in [0.717, 1.165) is 29.0 Å². The van der Waals surface area contributed by atoms with Crippen LogP contribution in [0.4, 0.5) is 23.7 Å². The molecule has 0 radical (unpaired) electrons. The summed E-state index contributed by atoms with van der Waals surface area (Å²) in [5.41, 5.74) is -0.400. The first-order valence-corrected chi connectivity index (χ1v) is 14.2. The van der Waals surface area contributed by atoms with E-state index in [0.29, 0.717) is 38.7 Å². The number of rotatable bonds is 9. The fraction of sp³-hybridized carbons (Fsp3) is 0.444. The number of thioether (sulfide) groups is 1. The standard InChI is InChI=1S/C27H32F3N5O4S/c1-40-19-6-3-17(4-7-19)14-31-22-9-12-39-16-23(22)33-24(36)15-32-25(37)20-13-18(27(28,29)30)5-8-21(20)34-26(38)35-10-2-11-35/h3-8,13,22-23,31H,2,9-12,14-16H2,1H3,(H,32,37)(H,33,36)(H,34,38). The monoisotopic (exact) mass is 579 g/mol. The third kappa shape index (κ3) is 7.89. The number of urea groups is 1. The van der Waals surface area contributed by atoms with Crippen LogP contribution in [-0.4, -0.2) is 73.9 Å². The topological polar surface area (TPSA) is 112 Å². The van der Waals surface area contributed by atoms with E-state index in [-0.39, 0.29) is 29.9 Å². The predicted molar refractivity (Wildman–Crippen MR) is 145 cm³/mol. The molecule has 4 N–H and O–H groups in total. The summed E-state index contributed by atoms with van der Waals surface area (Å²) in [4.78, 5) is 40.5. The Morgan fingerprint density at radius 3 is 2.48 bits per heavy atom. The third-order valence-electron chi connectivity index (χ3n) is 6.82. The Bertz CT molecular complexity index is 1210. The van der Waals surface area contributed by atoms with Gasteiger partial charge < -0.3 is 30.9 Å². The molecule has 4 rings (SSSR count). The van der Waals surface area contributed by atoms with Crippen LogP contribution in [0.2, 0.25) is 0 Å². The van der Waals surface area contributed by atoms with E-state index in [4.69, 9.17) is 4.74 Å². The number of likely N-dealkylation sites (tertiary alicyclic amines) is 1. The molecule has 13 heteroatoms. The Labute approximate surface area is 234 Å². The van der Waals surface area contributed by atoms with Crippen LogP contribution in [0, 0.1) is 0 Å². The van der Waals surface area contributed by atoms with Crippen molar-refractivity contribution in [2.24, 2.45) is 0 Å². The molecule has 4 amide bonds. The summed E-state index contributed by atoms with van der Waals surface area (Å²) in [5.74, 6) is -1.43. The molecular formula is C27H32F3N5O4S. The number of nitrogens with zero attached hydrogens (tertiary/aromatic N) is 1.